The summed E-state index contributed by atoms with van der Waals surface area (Å²) in [7, 11) is 0. The van der Waals surface area contributed by atoms with E-state index < -0.39 is 0 Å². The van der Waals surface area contributed by atoms with Crippen LogP contribution in [0.4, 0.5) is 5.13 Å². The van der Waals surface area contributed by atoms with Crippen LogP contribution in [-0.4, -0.2) is 36.6 Å². The molecule has 0 saturated carbocycles. The lowest BCUT2D eigenvalue weighted by atomic mass is 10.2. The summed E-state index contributed by atoms with van der Waals surface area (Å²) < 4.78 is 7.83. The Kier molecular flexibility index (Phi) is 6.99. The Balaban J connectivity index is 1.57. The maximum atomic E-state index is 12.2. The maximum Gasteiger partial charge on any atom is 0.236 e. The van der Waals surface area contributed by atoms with Gasteiger partial charge in [-0.15, -0.1) is 20.4 Å². The molecule has 0 bridgehead atoms. The van der Waals surface area contributed by atoms with Crippen LogP contribution in [0.3, 0.4) is 0 Å². The summed E-state index contributed by atoms with van der Waals surface area (Å²) in [5.41, 5.74) is 1.07. The van der Waals surface area contributed by atoms with Gasteiger partial charge in [0.2, 0.25) is 11.0 Å². The number of rotatable bonds is 9. The molecule has 0 radical (unpaired) electrons. The number of anilines is 1. The van der Waals surface area contributed by atoms with Crippen LogP contribution in [0.15, 0.2) is 29.4 Å². The molecule has 0 fully saturated rings. The lowest BCUT2D eigenvalue weighted by Crippen LogP contribution is -2.14. The standard InChI is InChI=1S/C18H22N6O2S2/c1-4-16-21-22-17(28-16)19-15(25)11-27-18-23-20-14(24(18)5-2)10-26-13-9-7-6-8-12(13)3/h6-9H,4-5,10-11H2,1-3H3,(H,19,22,25). The van der Waals surface area contributed by atoms with Crippen molar-refractivity contribution in [1.29, 1.82) is 0 Å². The van der Waals surface area contributed by atoms with E-state index >= 15 is 0 Å². The van der Waals surface area contributed by atoms with Gasteiger partial charge in [0.05, 0.1) is 5.75 Å². The number of nitrogens with one attached hydrogen (secondary N) is 1. The molecule has 0 aliphatic rings. The van der Waals surface area contributed by atoms with Gasteiger partial charge in [0.1, 0.15) is 17.4 Å². The lowest BCUT2D eigenvalue weighted by molar-refractivity contribution is -0.113. The van der Waals surface area contributed by atoms with E-state index in [1.54, 1.807) is 0 Å². The fraction of sp³-hybridized carbons (Fsp3) is 0.389. The highest BCUT2D eigenvalue weighted by molar-refractivity contribution is 7.99. The molecule has 0 unspecified atom stereocenters. The number of ether oxygens (including phenoxy) is 1. The van der Waals surface area contributed by atoms with Crippen molar-refractivity contribution < 1.29 is 9.53 Å². The zero-order chi connectivity index (χ0) is 19.9. The fourth-order valence-corrected chi connectivity index (χ4v) is 3.96. The summed E-state index contributed by atoms with van der Waals surface area (Å²) in [6.07, 6.45) is 0.801. The van der Waals surface area contributed by atoms with E-state index in [0.29, 0.717) is 23.4 Å². The second kappa shape index (κ2) is 9.65. The molecule has 0 atom stereocenters. The summed E-state index contributed by atoms with van der Waals surface area (Å²) in [5.74, 6) is 1.63. The van der Waals surface area contributed by atoms with Crippen LogP contribution in [0, 0.1) is 6.92 Å². The third-order valence-electron chi connectivity index (χ3n) is 3.91. The molecule has 148 valence electrons. The SMILES string of the molecule is CCc1nnc(NC(=O)CSc2nnc(COc3ccccc3C)n2CC)s1. The number of hydrogen-bond acceptors (Lipinski definition) is 8. The smallest absolute Gasteiger partial charge is 0.236 e. The van der Waals surface area contributed by atoms with Crippen molar-refractivity contribution in [1.82, 2.24) is 25.0 Å². The second-order valence-electron chi connectivity index (χ2n) is 5.89. The third kappa shape index (κ3) is 5.08. The zero-order valence-electron chi connectivity index (χ0n) is 16.0. The summed E-state index contributed by atoms with van der Waals surface area (Å²) in [4.78, 5) is 12.2. The van der Waals surface area contributed by atoms with E-state index in [-0.39, 0.29) is 11.7 Å². The van der Waals surface area contributed by atoms with Gasteiger partial charge < -0.3 is 9.30 Å². The van der Waals surface area contributed by atoms with Gasteiger partial charge in [0.25, 0.3) is 0 Å². The van der Waals surface area contributed by atoms with Crippen LogP contribution in [0.5, 0.6) is 5.75 Å². The minimum atomic E-state index is -0.146. The first-order valence-corrected chi connectivity index (χ1v) is 10.8. The Labute approximate surface area is 171 Å². The molecule has 3 rings (SSSR count). The van der Waals surface area contributed by atoms with Crippen molar-refractivity contribution in [3.63, 3.8) is 0 Å². The van der Waals surface area contributed by atoms with E-state index in [2.05, 4.69) is 25.7 Å². The molecule has 10 heteroatoms. The molecule has 1 aromatic carbocycles. The van der Waals surface area contributed by atoms with Crippen molar-refractivity contribution in [3.8, 4) is 5.75 Å². The second-order valence-corrected chi connectivity index (χ2v) is 7.89. The fourth-order valence-electron chi connectivity index (χ4n) is 2.44. The summed E-state index contributed by atoms with van der Waals surface area (Å²) >= 11 is 2.72. The Morgan fingerprint density at radius 3 is 2.75 bits per heavy atom. The van der Waals surface area contributed by atoms with E-state index in [1.165, 1.54) is 23.1 Å². The van der Waals surface area contributed by atoms with Crippen molar-refractivity contribution >= 4 is 34.1 Å². The molecular weight excluding hydrogens is 396 g/mol. The highest BCUT2D eigenvalue weighted by Gasteiger charge is 2.15. The molecule has 1 N–H and O–H groups in total. The number of benzene rings is 1. The number of aryl methyl sites for hydroxylation is 2. The average molecular weight is 419 g/mol. The predicted molar refractivity (Wildman–Crippen MR) is 110 cm³/mol. The number of carbonyl (C=O) groups is 1. The van der Waals surface area contributed by atoms with Gasteiger partial charge in [-0.25, -0.2) is 0 Å². The predicted octanol–water partition coefficient (Wildman–Crippen LogP) is 3.33. The molecule has 2 heterocycles. The topological polar surface area (TPSA) is 94.8 Å². The first-order chi connectivity index (χ1) is 13.6. The van der Waals surface area contributed by atoms with Gasteiger partial charge in [-0.2, -0.15) is 0 Å². The van der Waals surface area contributed by atoms with Gasteiger partial charge in [-0.1, -0.05) is 48.2 Å². The van der Waals surface area contributed by atoms with Gasteiger partial charge in [0.15, 0.2) is 11.0 Å². The van der Waals surface area contributed by atoms with Crippen molar-refractivity contribution in [2.24, 2.45) is 0 Å². The Morgan fingerprint density at radius 2 is 2.04 bits per heavy atom. The number of nitrogens with zero attached hydrogens (tertiary/aromatic N) is 5. The molecule has 0 saturated heterocycles. The maximum absolute atomic E-state index is 12.2. The van der Waals surface area contributed by atoms with Crippen molar-refractivity contribution in [2.75, 3.05) is 11.1 Å². The first kappa shape index (κ1) is 20.3. The Hall–Kier alpha value is -2.46. The summed E-state index contributed by atoms with van der Waals surface area (Å²) in [6, 6.07) is 7.84. The number of para-hydroxylation sites is 1. The highest BCUT2D eigenvalue weighted by atomic mass is 32.2. The largest absolute Gasteiger partial charge is 0.485 e. The van der Waals surface area contributed by atoms with Crippen LogP contribution in [0.1, 0.15) is 30.2 Å². The Morgan fingerprint density at radius 1 is 1.21 bits per heavy atom. The molecule has 3 aromatic rings. The number of aromatic nitrogens is 5. The highest BCUT2D eigenvalue weighted by Crippen LogP contribution is 2.21. The molecule has 8 nitrogen and oxygen atoms in total. The minimum Gasteiger partial charge on any atom is -0.485 e. The third-order valence-corrected chi connectivity index (χ3v) is 5.86. The normalized spacial score (nSPS) is 10.8. The monoisotopic (exact) mass is 418 g/mol. The van der Waals surface area contributed by atoms with Crippen LogP contribution in [0.25, 0.3) is 0 Å². The van der Waals surface area contributed by atoms with E-state index in [1.807, 2.05) is 49.6 Å². The van der Waals surface area contributed by atoms with E-state index in [9.17, 15) is 4.79 Å². The number of carbonyl (C=O) groups excluding carboxylic acids is 1. The zero-order valence-corrected chi connectivity index (χ0v) is 17.6. The van der Waals surface area contributed by atoms with Crippen LogP contribution in [-0.2, 0) is 24.4 Å². The van der Waals surface area contributed by atoms with E-state index in [4.69, 9.17) is 4.74 Å². The minimum absolute atomic E-state index is 0.146. The lowest BCUT2D eigenvalue weighted by Gasteiger charge is -2.10. The van der Waals surface area contributed by atoms with Crippen LogP contribution >= 0.6 is 23.1 Å². The average Bonchev–Trinajstić information content (AvgIpc) is 3.31. The van der Waals surface area contributed by atoms with Gasteiger partial charge in [-0.05, 0) is 31.9 Å². The van der Waals surface area contributed by atoms with Crippen molar-refractivity contribution in [2.45, 2.75) is 45.5 Å². The molecule has 2 aromatic heterocycles. The van der Waals surface area contributed by atoms with Gasteiger partial charge in [0, 0.05) is 6.54 Å². The van der Waals surface area contributed by atoms with Gasteiger partial charge in [-0.3, -0.25) is 10.1 Å². The molecule has 0 aliphatic carbocycles. The molecular formula is C18H22N6O2S2. The summed E-state index contributed by atoms with van der Waals surface area (Å²) in [5, 5.41) is 21.3. The number of amides is 1. The molecule has 1 amide bonds. The quantitative estimate of drug-likeness (QED) is 0.533. The molecule has 0 aliphatic heterocycles. The number of thioether (sulfide) groups is 1. The van der Waals surface area contributed by atoms with Gasteiger partial charge >= 0.3 is 0 Å². The number of hydrogen-bond donors (Lipinski definition) is 1. The van der Waals surface area contributed by atoms with E-state index in [0.717, 1.165) is 28.6 Å². The Bertz CT molecular complexity index is 940. The molecule has 0 spiro atoms. The molecule has 28 heavy (non-hydrogen) atoms. The first-order valence-electron chi connectivity index (χ1n) is 8.96. The van der Waals surface area contributed by atoms with Crippen molar-refractivity contribution in [3.05, 3.63) is 40.7 Å². The van der Waals surface area contributed by atoms with Crippen LogP contribution in [0.2, 0.25) is 0 Å². The van der Waals surface area contributed by atoms with Crippen LogP contribution < -0.4 is 10.1 Å². The summed E-state index contributed by atoms with van der Waals surface area (Å²) in [6.45, 7) is 7.03.